The van der Waals surface area contributed by atoms with Crippen LogP contribution in [0.2, 0.25) is 0 Å². The molecular formula is C22H14O2. The van der Waals surface area contributed by atoms with E-state index in [-0.39, 0.29) is 11.5 Å². The Bertz CT molecular complexity index is 1140. The maximum absolute atomic E-state index is 10.2. The summed E-state index contributed by atoms with van der Waals surface area (Å²) in [5.41, 5.74) is 1.29. The van der Waals surface area contributed by atoms with Gasteiger partial charge in [0.2, 0.25) is 0 Å². The van der Waals surface area contributed by atoms with Crippen molar-refractivity contribution in [3.05, 3.63) is 72.8 Å². The molecule has 0 heterocycles. The third-order valence-electron chi connectivity index (χ3n) is 4.77. The van der Waals surface area contributed by atoms with Crippen molar-refractivity contribution >= 4 is 32.3 Å². The molecule has 0 fully saturated rings. The average Bonchev–Trinajstić information content (AvgIpc) is 2.59. The summed E-state index contributed by atoms with van der Waals surface area (Å²) in [5.74, 6) is 0.172. The second-order valence-corrected chi connectivity index (χ2v) is 6.18. The van der Waals surface area contributed by atoms with Gasteiger partial charge in [-0.15, -0.1) is 0 Å². The molecule has 114 valence electrons. The summed E-state index contributed by atoms with van der Waals surface area (Å²) in [6, 6.07) is 23.7. The Morgan fingerprint density at radius 2 is 0.958 bits per heavy atom. The Kier molecular flexibility index (Phi) is 2.54. The topological polar surface area (TPSA) is 40.5 Å². The van der Waals surface area contributed by atoms with Crippen molar-refractivity contribution in [1.29, 1.82) is 0 Å². The molecule has 5 aromatic carbocycles. The van der Waals surface area contributed by atoms with E-state index in [2.05, 4.69) is 42.5 Å². The molecule has 2 N–H and O–H groups in total. The van der Waals surface area contributed by atoms with Gasteiger partial charge in [-0.05, 0) is 62.1 Å². The lowest BCUT2D eigenvalue weighted by molar-refractivity contribution is 0.454. The van der Waals surface area contributed by atoms with Crippen molar-refractivity contribution < 1.29 is 10.2 Å². The number of aromatic hydroxyl groups is 2. The van der Waals surface area contributed by atoms with Crippen LogP contribution in [0.15, 0.2) is 72.8 Å². The second kappa shape index (κ2) is 4.62. The molecule has 0 bridgehead atoms. The van der Waals surface area contributed by atoms with Crippen molar-refractivity contribution in [3.8, 4) is 22.6 Å². The van der Waals surface area contributed by atoms with Gasteiger partial charge >= 0.3 is 0 Å². The maximum atomic E-state index is 10.2. The third-order valence-corrected chi connectivity index (χ3v) is 4.77. The van der Waals surface area contributed by atoms with Crippen LogP contribution in [0.4, 0.5) is 0 Å². The summed E-state index contributed by atoms with van der Waals surface area (Å²) >= 11 is 0. The molecule has 0 aliphatic carbocycles. The molecule has 0 aliphatic rings. The van der Waals surface area contributed by atoms with E-state index >= 15 is 0 Å². The van der Waals surface area contributed by atoms with Crippen LogP contribution in [0.5, 0.6) is 11.5 Å². The van der Waals surface area contributed by atoms with Gasteiger partial charge in [-0.25, -0.2) is 0 Å². The van der Waals surface area contributed by atoms with Crippen molar-refractivity contribution in [2.45, 2.75) is 0 Å². The monoisotopic (exact) mass is 310 g/mol. The minimum Gasteiger partial charge on any atom is -0.507 e. The van der Waals surface area contributed by atoms with Gasteiger partial charge in [-0.2, -0.15) is 0 Å². The molecule has 0 saturated heterocycles. The van der Waals surface area contributed by atoms with Crippen LogP contribution in [0, 0.1) is 0 Å². The van der Waals surface area contributed by atoms with Crippen LogP contribution in [0.3, 0.4) is 0 Å². The Hall–Kier alpha value is -3.26. The Morgan fingerprint density at radius 1 is 0.500 bits per heavy atom. The van der Waals surface area contributed by atoms with Gasteiger partial charge in [-0.3, -0.25) is 0 Å². The lowest BCUT2D eigenvalue weighted by atomic mass is 9.91. The van der Waals surface area contributed by atoms with Crippen LogP contribution >= 0.6 is 0 Å². The molecule has 0 unspecified atom stereocenters. The summed E-state index contributed by atoms with van der Waals surface area (Å²) in [5, 5.41) is 27.5. The zero-order chi connectivity index (χ0) is 16.3. The van der Waals surface area contributed by atoms with Crippen LogP contribution in [-0.4, -0.2) is 10.2 Å². The molecule has 0 radical (unpaired) electrons. The molecule has 0 atom stereocenters. The predicted octanol–water partition coefficient (Wildman–Crippen LogP) is 5.66. The Balaban J connectivity index is 1.94. The van der Waals surface area contributed by atoms with E-state index in [9.17, 15) is 10.2 Å². The van der Waals surface area contributed by atoms with Crippen molar-refractivity contribution in [2.24, 2.45) is 0 Å². The van der Waals surface area contributed by atoms with Gasteiger partial charge in [0.15, 0.2) is 0 Å². The molecule has 5 aromatic rings. The SMILES string of the molecule is Oc1cccc(O)c1-c1cc2ccc3cccc4ccc(c1)c2c34. The predicted molar refractivity (Wildman–Crippen MR) is 98.9 cm³/mol. The zero-order valence-electron chi connectivity index (χ0n) is 12.8. The summed E-state index contributed by atoms with van der Waals surface area (Å²) in [4.78, 5) is 0. The number of hydrogen-bond donors (Lipinski definition) is 2. The summed E-state index contributed by atoms with van der Waals surface area (Å²) in [6.45, 7) is 0. The molecule has 0 spiro atoms. The molecule has 0 aromatic heterocycles. The van der Waals surface area contributed by atoms with Crippen LogP contribution < -0.4 is 0 Å². The zero-order valence-corrected chi connectivity index (χ0v) is 12.8. The van der Waals surface area contributed by atoms with E-state index in [1.54, 1.807) is 18.2 Å². The normalized spacial score (nSPS) is 11.7. The first kappa shape index (κ1) is 13.2. The molecule has 0 saturated carbocycles. The molecule has 24 heavy (non-hydrogen) atoms. The van der Waals surface area contributed by atoms with E-state index in [4.69, 9.17) is 0 Å². The number of phenols is 2. The minimum absolute atomic E-state index is 0.0859. The van der Waals surface area contributed by atoms with E-state index in [0.717, 1.165) is 16.3 Å². The van der Waals surface area contributed by atoms with E-state index < -0.39 is 0 Å². The van der Waals surface area contributed by atoms with Crippen molar-refractivity contribution in [1.82, 2.24) is 0 Å². The fourth-order valence-corrected chi connectivity index (χ4v) is 3.72. The van der Waals surface area contributed by atoms with E-state index in [0.29, 0.717) is 5.56 Å². The maximum Gasteiger partial charge on any atom is 0.127 e. The highest BCUT2D eigenvalue weighted by atomic mass is 16.3. The van der Waals surface area contributed by atoms with Gasteiger partial charge in [0.05, 0.1) is 5.56 Å². The van der Waals surface area contributed by atoms with Crippen LogP contribution in [-0.2, 0) is 0 Å². The molecule has 5 rings (SSSR count). The van der Waals surface area contributed by atoms with Gasteiger partial charge in [0.25, 0.3) is 0 Å². The largest absolute Gasteiger partial charge is 0.507 e. The third kappa shape index (κ3) is 1.71. The number of hydrogen-bond acceptors (Lipinski definition) is 2. The van der Waals surface area contributed by atoms with Crippen molar-refractivity contribution in [3.63, 3.8) is 0 Å². The Morgan fingerprint density at radius 3 is 1.54 bits per heavy atom. The molecule has 0 amide bonds. The van der Waals surface area contributed by atoms with Gasteiger partial charge < -0.3 is 10.2 Å². The van der Waals surface area contributed by atoms with E-state index in [1.807, 2.05) is 12.1 Å². The van der Waals surface area contributed by atoms with Gasteiger partial charge in [0.1, 0.15) is 11.5 Å². The standard InChI is InChI=1S/C22H14O2/c23-18-5-2-6-19(24)22(18)17-11-15-9-7-13-3-1-4-14-8-10-16(12-17)21(15)20(13)14/h1-12,23-24H. The smallest absolute Gasteiger partial charge is 0.127 e. The highest BCUT2D eigenvalue weighted by Gasteiger charge is 2.14. The van der Waals surface area contributed by atoms with Gasteiger partial charge in [0, 0.05) is 0 Å². The summed E-state index contributed by atoms with van der Waals surface area (Å²) in [7, 11) is 0. The molecule has 2 heteroatoms. The Labute approximate surface area is 138 Å². The fraction of sp³-hybridized carbons (Fsp3) is 0. The summed E-state index contributed by atoms with van der Waals surface area (Å²) < 4.78 is 0. The molecular weight excluding hydrogens is 296 g/mol. The number of phenolic OH excluding ortho intramolecular Hbond substituents is 2. The lowest BCUT2D eigenvalue weighted by Crippen LogP contribution is -1.86. The number of rotatable bonds is 1. The van der Waals surface area contributed by atoms with Gasteiger partial charge in [-0.1, -0.05) is 48.5 Å². The van der Waals surface area contributed by atoms with Crippen LogP contribution in [0.25, 0.3) is 43.4 Å². The van der Waals surface area contributed by atoms with Crippen molar-refractivity contribution in [2.75, 3.05) is 0 Å². The highest BCUT2D eigenvalue weighted by Crippen LogP contribution is 2.41. The molecule has 2 nitrogen and oxygen atoms in total. The highest BCUT2D eigenvalue weighted by molar-refractivity contribution is 6.23. The number of benzene rings is 5. The second-order valence-electron chi connectivity index (χ2n) is 6.18. The first-order chi connectivity index (χ1) is 11.7. The van der Waals surface area contributed by atoms with E-state index in [1.165, 1.54) is 21.5 Å². The first-order valence-corrected chi connectivity index (χ1v) is 7.91. The summed E-state index contributed by atoms with van der Waals surface area (Å²) in [6.07, 6.45) is 0. The quantitative estimate of drug-likeness (QED) is 0.392. The lowest BCUT2D eigenvalue weighted by Gasteiger charge is -2.14. The molecule has 0 aliphatic heterocycles. The fourth-order valence-electron chi connectivity index (χ4n) is 3.72. The average molecular weight is 310 g/mol. The van der Waals surface area contributed by atoms with Crippen LogP contribution in [0.1, 0.15) is 0 Å². The first-order valence-electron chi connectivity index (χ1n) is 7.91. The minimum atomic E-state index is 0.0859.